The first-order valence-electron chi connectivity index (χ1n) is 11.6. The molecule has 6 nitrogen and oxygen atoms in total. The molecule has 1 heterocycles. The van der Waals surface area contributed by atoms with Crippen LogP contribution in [0.4, 0.5) is 5.69 Å². The van der Waals surface area contributed by atoms with E-state index in [-0.39, 0.29) is 11.3 Å². The van der Waals surface area contributed by atoms with Gasteiger partial charge in [0, 0.05) is 18.0 Å². The highest BCUT2D eigenvalue weighted by Crippen LogP contribution is 2.29. The molecule has 0 aliphatic rings. The Labute approximate surface area is 210 Å². The lowest BCUT2D eigenvalue weighted by molar-refractivity contribution is 0.595. The van der Waals surface area contributed by atoms with E-state index >= 15 is 0 Å². The van der Waals surface area contributed by atoms with Crippen LogP contribution in [0.25, 0.3) is 38.8 Å². The Kier molecular flexibility index (Phi) is 6.16. The highest BCUT2D eigenvalue weighted by molar-refractivity contribution is 7.92. The van der Waals surface area contributed by atoms with E-state index in [1.165, 1.54) is 8.99 Å². The largest absolute Gasteiger partial charge is 0.279 e. The lowest BCUT2D eigenvalue weighted by atomic mass is 10.0. The standard InChI is InChI=1S/C29H25N3O3S/c1-3-36(34,35)31(2)25-13-9-12-23(20-25)28-26-14-7-8-15-27(26)29(33)32(30-28)24-18-16-22(17-19-24)21-10-5-4-6-11-21/h4-20H,3H2,1-2H3. The van der Waals surface area contributed by atoms with E-state index < -0.39 is 10.0 Å². The zero-order valence-corrected chi connectivity index (χ0v) is 20.8. The zero-order chi connectivity index (χ0) is 25.3. The lowest BCUT2D eigenvalue weighted by Crippen LogP contribution is -2.28. The summed E-state index contributed by atoms with van der Waals surface area (Å²) in [5, 5.41) is 6.01. The van der Waals surface area contributed by atoms with Gasteiger partial charge >= 0.3 is 0 Å². The number of fused-ring (bicyclic) bond motifs is 1. The van der Waals surface area contributed by atoms with Crippen LogP contribution >= 0.6 is 0 Å². The summed E-state index contributed by atoms with van der Waals surface area (Å²) >= 11 is 0. The average Bonchev–Trinajstić information content (AvgIpc) is 2.93. The van der Waals surface area contributed by atoms with Crippen LogP contribution in [0.5, 0.6) is 0 Å². The van der Waals surface area contributed by atoms with Gasteiger partial charge in [-0.2, -0.15) is 9.78 Å². The second-order valence-corrected chi connectivity index (χ2v) is 10.7. The summed E-state index contributed by atoms with van der Waals surface area (Å²) in [7, 11) is -1.88. The van der Waals surface area contributed by atoms with Gasteiger partial charge in [0.05, 0.1) is 28.2 Å². The maximum absolute atomic E-state index is 13.4. The second kappa shape index (κ2) is 9.43. The summed E-state index contributed by atoms with van der Waals surface area (Å²) in [6, 6.07) is 32.3. The smallest absolute Gasteiger partial charge is 0.273 e. The molecule has 180 valence electrons. The summed E-state index contributed by atoms with van der Waals surface area (Å²) in [5.74, 6) is -0.00123. The molecule has 0 amide bonds. The fourth-order valence-electron chi connectivity index (χ4n) is 4.21. The van der Waals surface area contributed by atoms with E-state index in [0.29, 0.717) is 27.8 Å². The van der Waals surface area contributed by atoms with Gasteiger partial charge in [-0.25, -0.2) is 8.42 Å². The van der Waals surface area contributed by atoms with Gasteiger partial charge in [-0.1, -0.05) is 72.8 Å². The van der Waals surface area contributed by atoms with Crippen molar-refractivity contribution in [2.75, 3.05) is 17.1 Å². The third-order valence-electron chi connectivity index (χ3n) is 6.29. The molecular formula is C29H25N3O3S. The molecule has 1 aromatic heterocycles. The van der Waals surface area contributed by atoms with Gasteiger partial charge in [0.1, 0.15) is 0 Å². The lowest BCUT2D eigenvalue weighted by Gasteiger charge is -2.19. The van der Waals surface area contributed by atoms with E-state index in [1.54, 1.807) is 38.2 Å². The van der Waals surface area contributed by atoms with Crippen molar-refractivity contribution in [2.45, 2.75) is 6.92 Å². The van der Waals surface area contributed by atoms with Crippen molar-refractivity contribution in [2.24, 2.45) is 0 Å². The highest BCUT2D eigenvalue weighted by Gasteiger charge is 2.18. The molecule has 0 radical (unpaired) electrons. The summed E-state index contributed by atoms with van der Waals surface area (Å²) in [4.78, 5) is 13.4. The van der Waals surface area contributed by atoms with Crippen molar-refractivity contribution in [1.82, 2.24) is 9.78 Å². The predicted octanol–water partition coefficient (Wildman–Crippen LogP) is 5.51. The molecule has 5 aromatic rings. The van der Waals surface area contributed by atoms with Crippen LogP contribution in [0.2, 0.25) is 0 Å². The van der Waals surface area contributed by atoms with Crippen LogP contribution in [-0.4, -0.2) is 31.0 Å². The maximum Gasteiger partial charge on any atom is 0.279 e. The number of hydrogen-bond donors (Lipinski definition) is 0. The van der Waals surface area contributed by atoms with Crippen LogP contribution in [0.3, 0.4) is 0 Å². The van der Waals surface area contributed by atoms with Gasteiger partial charge in [-0.15, -0.1) is 0 Å². The van der Waals surface area contributed by atoms with Gasteiger partial charge in [0.2, 0.25) is 10.0 Å². The van der Waals surface area contributed by atoms with Crippen molar-refractivity contribution in [3.8, 4) is 28.1 Å². The molecule has 0 unspecified atom stereocenters. The fourth-order valence-corrected chi connectivity index (χ4v) is 5.03. The Morgan fingerprint density at radius 1 is 0.750 bits per heavy atom. The number of benzene rings is 4. The second-order valence-electron chi connectivity index (χ2n) is 8.44. The maximum atomic E-state index is 13.4. The van der Waals surface area contributed by atoms with Gasteiger partial charge in [-0.05, 0) is 48.4 Å². The summed E-state index contributed by atoms with van der Waals surface area (Å²) in [6.45, 7) is 1.61. The quantitative estimate of drug-likeness (QED) is 0.312. The summed E-state index contributed by atoms with van der Waals surface area (Å²) < 4.78 is 27.6. The van der Waals surface area contributed by atoms with Gasteiger partial charge in [0.15, 0.2) is 0 Å². The van der Waals surface area contributed by atoms with Gasteiger partial charge in [0.25, 0.3) is 5.56 Å². The monoisotopic (exact) mass is 495 g/mol. The molecular weight excluding hydrogens is 470 g/mol. The molecule has 0 bridgehead atoms. The number of sulfonamides is 1. The third kappa shape index (κ3) is 4.29. The normalized spacial score (nSPS) is 11.5. The predicted molar refractivity (Wildman–Crippen MR) is 146 cm³/mol. The zero-order valence-electron chi connectivity index (χ0n) is 20.0. The highest BCUT2D eigenvalue weighted by atomic mass is 32.2. The van der Waals surface area contributed by atoms with Crippen molar-refractivity contribution in [3.05, 3.63) is 113 Å². The van der Waals surface area contributed by atoms with E-state index in [9.17, 15) is 13.2 Å². The van der Waals surface area contributed by atoms with Crippen molar-refractivity contribution in [1.29, 1.82) is 0 Å². The number of rotatable bonds is 6. The fraction of sp³-hybridized carbons (Fsp3) is 0.103. The molecule has 0 saturated carbocycles. The number of nitrogens with zero attached hydrogens (tertiary/aromatic N) is 3. The molecule has 4 aromatic carbocycles. The minimum atomic E-state index is -3.42. The molecule has 7 heteroatoms. The average molecular weight is 496 g/mol. The SMILES string of the molecule is CCS(=O)(=O)N(C)c1cccc(-c2nn(-c3ccc(-c4ccccc4)cc3)c(=O)c3ccccc23)c1. The number of hydrogen-bond acceptors (Lipinski definition) is 4. The third-order valence-corrected chi connectivity index (χ3v) is 8.06. The summed E-state index contributed by atoms with van der Waals surface area (Å²) in [6.07, 6.45) is 0. The number of aromatic nitrogens is 2. The molecule has 0 spiro atoms. The molecule has 0 fully saturated rings. The molecule has 0 aliphatic carbocycles. The van der Waals surface area contributed by atoms with E-state index in [2.05, 4.69) is 0 Å². The van der Waals surface area contributed by atoms with Gasteiger partial charge in [-0.3, -0.25) is 9.10 Å². The van der Waals surface area contributed by atoms with E-state index in [4.69, 9.17) is 5.10 Å². The van der Waals surface area contributed by atoms with E-state index in [1.807, 2.05) is 78.9 Å². The molecule has 0 aliphatic heterocycles. The van der Waals surface area contributed by atoms with Crippen LogP contribution in [0, 0.1) is 0 Å². The Balaban J connectivity index is 1.66. The first-order valence-corrected chi connectivity index (χ1v) is 13.2. The summed E-state index contributed by atoms with van der Waals surface area (Å²) in [5.41, 5.74) is 4.41. The minimum absolute atomic E-state index is 0.00123. The molecule has 5 rings (SSSR count). The molecule has 0 atom stereocenters. The number of anilines is 1. The topological polar surface area (TPSA) is 72.3 Å². The van der Waals surface area contributed by atoms with Crippen LogP contribution in [0.1, 0.15) is 6.92 Å². The Morgan fingerprint density at radius 3 is 2.06 bits per heavy atom. The van der Waals surface area contributed by atoms with Crippen LogP contribution in [-0.2, 0) is 10.0 Å². The Hall–Kier alpha value is -4.23. The van der Waals surface area contributed by atoms with Crippen molar-refractivity contribution in [3.63, 3.8) is 0 Å². The molecule has 0 N–H and O–H groups in total. The molecule has 0 saturated heterocycles. The first-order chi connectivity index (χ1) is 17.4. The Bertz CT molecular complexity index is 1710. The first kappa shape index (κ1) is 23.5. The molecule has 36 heavy (non-hydrogen) atoms. The van der Waals surface area contributed by atoms with Crippen LogP contribution < -0.4 is 9.86 Å². The van der Waals surface area contributed by atoms with Crippen molar-refractivity contribution >= 4 is 26.5 Å². The van der Waals surface area contributed by atoms with Crippen LogP contribution in [0.15, 0.2) is 108 Å². The van der Waals surface area contributed by atoms with Crippen molar-refractivity contribution < 1.29 is 8.42 Å². The van der Waals surface area contributed by atoms with E-state index in [0.717, 1.165) is 16.7 Å². The van der Waals surface area contributed by atoms with Gasteiger partial charge < -0.3 is 0 Å². The minimum Gasteiger partial charge on any atom is -0.273 e. The Morgan fingerprint density at radius 2 is 1.36 bits per heavy atom.